The highest BCUT2D eigenvalue weighted by Crippen LogP contribution is 2.81. The highest BCUT2D eigenvalue weighted by atomic mass is 16.6. The van der Waals surface area contributed by atoms with E-state index in [0.29, 0.717) is 24.9 Å². The second-order valence-electron chi connectivity index (χ2n) is 12.9. The van der Waals surface area contributed by atoms with Crippen LogP contribution in [0.2, 0.25) is 0 Å². The zero-order chi connectivity index (χ0) is 26.1. The largest absolute Gasteiger partial charge is 0.459 e. The number of carbonyl (C=O) groups excluding carboxylic acids is 4. The summed E-state index contributed by atoms with van der Waals surface area (Å²) in [7, 11) is 2.05. The van der Waals surface area contributed by atoms with E-state index >= 15 is 0 Å². The monoisotopic (exact) mass is 503 g/mol. The fourth-order valence-corrected chi connectivity index (χ4v) is 10.8. The molecule has 7 fully saturated rings. The number of ether oxygens (including phenoxy) is 2. The minimum Gasteiger partial charge on any atom is -0.459 e. The van der Waals surface area contributed by atoms with E-state index in [9.17, 15) is 19.2 Å². The molecule has 0 radical (unpaired) electrons. The van der Waals surface area contributed by atoms with Crippen LogP contribution in [-0.2, 0) is 23.9 Å². The smallest absolute Gasteiger partial charge is 0.338 e. The maximum absolute atomic E-state index is 14.2. The number of rotatable bonds is 3. The fourth-order valence-electron chi connectivity index (χ4n) is 10.8. The molecule has 7 aliphatic rings. The first kappa shape index (κ1) is 23.3. The van der Waals surface area contributed by atoms with Crippen LogP contribution in [0.1, 0.15) is 49.9 Å². The Bertz CT molecular complexity index is 1270. The predicted octanol–water partition coefficient (Wildman–Crippen LogP) is 3.22. The molecule has 2 spiro atoms. The Balaban J connectivity index is 1.39. The Kier molecular flexibility index (Phi) is 4.53. The van der Waals surface area contributed by atoms with Gasteiger partial charge in [-0.25, -0.2) is 4.79 Å². The van der Waals surface area contributed by atoms with Gasteiger partial charge < -0.3 is 14.4 Å². The molecule has 37 heavy (non-hydrogen) atoms. The molecule has 6 bridgehead atoms. The molecule has 10 unspecified atom stereocenters. The van der Waals surface area contributed by atoms with Gasteiger partial charge in [-0.3, -0.25) is 14.4 Å². The van der Waals surface area contributed by atoms with Crippen molar-refractivity contribution in [2.45, 2.75) is 57.8 Å². The molecule has 194 valence electrons. The van der Waals surface area contributed by atoms with Gasteiger partial charge in [-0.15, -0.1) is 0 Å². The van der Waals surface area contributed by atoms with Gasteiger partial charge in [-0.1, -0.05) is 37.3 Å². The van der Waals surface area contributed by atoms with Crippen LogP contribution in [0.25, 0.3) is 0 Å². The quantitative estimate of drug-likeness (QED) is 0.462. The Morgan fingerprint density at radius 1 is 1.11 bits per heavy atom. The second kappa shape index (κ2) is 7.19. The summed E-state index contributed by atoms with van der Waals surface area (Å²) < 4.78 is 12.2. The van der Waals surface area contributed by atoms with Crippen LogP contribution in [0, 0.1) is 39.9 Å². The number of fused-ring (bicyclic) bond motifs is 1. The van der Waals surface area contributed by atoms with Crippen molar-refractivity contribution in [1.82, 2.24) is 4.90 Å². The number of esters is 2. The van der Waals surface area contributed by atoms with Crippen LogP contribution in [0.3, 0.4) is 0 Å². The van der Waals surface area contributed by atoms with Crippen molar-refractivity contribution < 1.29 is 28.7 Å². The molecule has 10 atom stereocenters. The maximum Gasteiger partial charge on any atom is 0.338 e. The van der Waals surface area contributed by atoms with Crippen molar-refractivity contribution in [2.24, 2.45) is 39.9 Å². The van der Waals surface area contributed by atoms with Crippen LogP contribution in [-0.4, -0.2) is 60.2 Å². The van der Waals surface area contributed by atoms with E-state index in [4.69, 9.17) is 9.47 Å². The summed E-state index contributed by atoms with van der Waals surface area (Å²) >= 11 is 0. The summed E-state index contributed by atoms with van der Waals surface area (Å²) in [6.45, 7) is 8.15. The number of benzene rings is 1. The summed E-state index contributed by atoms with van der Waals surface area (Å²) in [5.41, 5.74) is -0.255. The van der Waals surface area contributed by atoms with E-state index in [1.807, 2.05) is 13.0 Å². The number of carbonyl (C=O) groups is 4. The Labute approximate surface area is 216 Å². The number of hydrogen-bond acceptors (Lipinski definition) is 7. The second-order valence-corrected chi connectivity index (χ2v) is 12.9. The first-order valence-corrected chi connectivity index (χ1v) is 13.4. The molecule has 1 aliphatic heterocycles. The molecular weight excluding hydrogens is 470 g/mol. The van der Waals surface area contributed by atoms with Crippen molar-refractivity contribution in [3.8, 4) is 0 Å². The van der Waals surface area contributed by atoms with Gasteiger partial charge in [0.2, 0.25) is 0 Å². The zero-order valence-corrected chi connectivity index (χ0v) is 21.6. The zero-order valence-electron chi connectivity index (χ0n) is 21.6. The number of nitrogens with zero attached hydrogens (tertiary/aromatic N) is 1. The Morgan fingerprint density at radius 3 is 2.54 bits per heavy atom. The molecule has 6 saturated carbocycles. The minimum atomic E-state index is -0.774. The predicted molar refractivity (Wildman–Crippen MR) is 132 cm³/mol. The molecule has 1 heterocycles. The molecule has 0 amide bonds. The number of piperidine rings is 1. The van der Waals surface area contributed by atoms with Crippen LogP contribution in [0.4, 0.5) is 0 Å². The first-order valence-electron chi connectivity index (χ1n) is 13.4. The molecular formula is C30H33NO6. The lowest BCUT2D eigenvalue weighted by Gasteiger charge is -2.68. The molecule has 0 aromatic heterocycles. The highest BCUT2D eigenvalue weighted by Gasteiger charge is 2.85. The van der Waals surface area contributed by atoms with Gasteiger partial charge in [-0.2, -0.15) is 0 Å². The van der Waals surface area contributed by atoms with E-state index in [1.54, 1.807) is 24.3 Å². The summed E-state index contributed by atoms with van der Waals surface area (Å²) in [5.74, 6) is -1.03. The van der Waals surface area contributed by atoms with Crippen molar-refractivity contribution in [3.63, 3.8) is 0 Å². The molecule has 1 aromatic rings. The fraction of sp³-hybridized carbons (Fsp3) is 0.600. The van der Waals surface area contributed by atoms with E-state index in [2.05, 4.69) is 18.5 Å². The summed E-state index contributed by atoms with van der Waals surface area (Å²) in [6.07, 6.45) is 0.801. The van der Waals surface area contributed by atoms with Gasteiger partial charge in [0.05, 0.1) is 5.56 Å². The van der Waals surface area contributed by atoms with Crippen molar-refractivity contribution in [2.75, 3.05) is 13.6 Å². The summed E-state index contributed by atoms with van der Waals surface area (Å²) in [4.78, 5) is 56.0. The van der Waals surface area contributed by atoms with Crippen molar-refractivity contribution in [1.29, 1.82) is 0 Å². The van der Waals surface area contributed by atoms with Gasteiger partial charge in [0.1, 0.15) is 23.8 Å². The van der Waals surface area contributed by atoms with Crippen LogP contribution >= 0.6 is 0 Å². The third-order valence-electron chi connectivity index (χ3n) is 11.2. The molecule has 7 heteroatoms. The lowest BCUT2D eigenvalue weighted by Crippen LogP contribution is -2.75. The Morgan fingerprint density at radius 2 is 1.84 bits per heavy atom. The molecule has 0 N–H and O–H groups in total. The van der Waals surface area contributed by atoms with E-state index in [-0.39, 0.29) is 41.3 Å². The highest BCUT2D eigenvalue weighted by molar-refractivity contribution is 5.96. The average Bonchev–Trinajstić information content (AvgIpc) is 2.92. The van der Waals surface area contributed by atoms with Gasteiger partial charge in [-0.05, 0) is 49.8 Å². The maximum atomic E-state index is 14.2. The molecule has 7 nitrogen and oxygen atoms in total. The van der Waals surface area contributed by atoms with Gasteiger partial charge in [0.25, 0.3) is 0 Å². The normalized spacial score (nSPS) is 47.1. The van der Waals surface area contributed by atoms with Crippen molar-refractivity contribution in [3.05, 3.63) is 48.0 Å². The summed E-state index contributed by atoms with van der Waals surface area (Å²) in [5, 5.41) is 0. The van der Waals surface area contributed by atoms with Crippen LogP contribution < -0.4 is 0 Å². The average molecular weight is 504 g/mol. The van der Waals surface area contributed by atoms with E-state index < -0.39 is 40.4 Å². The standard InChI is InChI=1S/C30H33NO6/c1-15-11-29-12-19(33)24-28(3)14-31(4)25-22(29)23(34)18(15)10-21(29)30(24,25)13-20(36-16(2)32)26(28)37-27(35)17-8-6-5-7-9-17/h5-9,18,20-22,24-26H,1,10-14H2,2-4H3. The van der Waals surface area contributed by atoms with Crippen LogP contribution in [0.15, 0.2) is 42.5 Å². The topological polar surface area (TPSA) is 90.0 Å². The van der Waals surface area contributed by atoms with Gasteiger partial charge >= 0.3 is 11.9 Å². The molecule has 1 saturated heterocycles. The number of hydrogen-bond donors (Lipinski definition) is 0. The lowest BCUT2D eigenvalue weighted by molar-refractivity contribution is -0.245. The SMILES string of the molecule is C=C1CC23CC(=O)C4C5(C)CN(C)C6C2C(=O)C1CC3C64CC(OC(C)=O)C5OC(=O)c1ccccc1. The molecule has 1 aromatic carbocycles. The van der Waals surface area contributed by atoms with Gasteiger partial charge in [0, 0.05) is 54.5 Å². The van der Waals surface area contributed by atoms with Crippen LogP contribution in [0.5, 0.6) is 0 Å². The molecule has 8 rings (SSSR count). The molecule has 6 aliphatic carbocycles. The number of ketones is 2. The first-order chi connectivity index (χ1) is 17.5. The number of likely N-dealkylation sites (tertiary alicyclic amines) is 1. The number of Topliss-reactive ketones (excluding diaryl/α,β-unsaturated/α-hetero) is 2. The Hall–Kier alpha value is -2.80. The lowest BCUT2D eigenvalue weighted by atomic mass is 9.39. The van der Waals surface area contributed by atoms with E-state index in [1.165, 1.54) is 6.92 Å². The minimum absolute atomic E-state index is 0.0866. The van der Waals surface area contributed by atoms with E-state index in [0.717, 1.165) is 18.4 Å². The summed E-state index contributed by atoms with van der Waals surface area (Å²) in [6, 6.07) is 8.70. The van der Waals surface area contributed by atoms with Crippen molar-refractivity contribution >= 4 is 23.5 Å². The third-order valence-corrected chi connectivity index (χ3v) is 11.2. The van der Waals surface area contributed by atoms with Gasteiger partial charge in [0.15, 0.2) is 0 Å². The number of allylic oxidation sites excluding steroid dienone is 1. The third kappa shape index (κ3) is 2.61.